The molecule has 0 atom stereocenters. The Bertz CT molecular complexity index is 230. The standard InChI is InChI=1S/C8H8ClFO/c1-2-11-8-6(9)4-3-5-7(8)10/h3-5H,2H2,1H3. The Hall–Kier alpha value is -0.760. The summed E-state index contributed by atoms with van der Waals surface area (Å²) in [5.41, 5.74) is 0. The summed E-state index contributed by atoms with van der Waals surface area (Å²) in [4.78, 5) is 0. The molecule has 0 radical (unpaired) electrons. The molecule has 0 aliphatic carbocycles. The Labute approximate surface area is 69.7 Å². The molecule has 3 heteroatoms. The van der Waals surface area contributed by atoms with Crippen LogP contribution in [0.15, 0.2) is 18.2 Å². The number of ether oxygens (including phenoxy) is 1. The highest BCUT2D eigenvalue weighted by molar-refractivity contribution is 6.32. The molecule has 0 saturated carbocycles. The number of hydrogen-bond donors (Lipinski definition) is 0. The lowest BCUT2D eigenvalue weighted by atomic mass is 10.3. The SMILES string of the molecule is CCOc1c(F)cccc1Cl. The van der Waals surface area contributed by atoms with Crippen molar-refractivity contribution in [3.8, 4) is 5.75 Å². The molecule has 0 amide bonds. The number of halogens is 2. The van der Waals surface area contributed by atoms with Crippen LogP contribution in [0.1, 0.15) is 6.92 Å². The number of benzene rings is 1. The first-order chi connectivity index (χ1) is 5.25. The molecule has 1 nitrogen and oxygen atoms in total. The molecule has 0 fully saturated rings. The van der Waals surface area contributed by atoms with Crippen molar-refractivity contribution in [2.24, 2.45) is 0 Å². The minimum Gasteiger partial charge on any atom is -0.489 e. The Kier molecular flexibility index (Phi) is 2.71. The van der Waals surface area contributed by atoms with E-state index in [2.05, 4.69) is 0 Å². The topological polar surface area (TPSA) is 9.23 Å². The van der Waals surface area contributed by atoms with E-state index >= 15 is 0 Å². The third-order valence-electron chi connectivity index (χ3n) is 1.21. The molecule has 0 aliphatic heterocycles. The predicted octanol–water partition coefficient (Wildman–Crippen LogP) is 2.88. The van der Waals surface area contributed by atoms with Crippen LogP contribution in [0.25, 0.3) is 0 Å². The third-order valence-corrected chi connectivity index (χ3v) is 1.51. The highest BCUT2D eigenvalue weighted by Crippen LogP contribution is 2.26. The summed E-state index contributed by atoms with van der Waals surface area (Å²) in [6.07, 6.45) is 0. The van der Waals surface area contributed by atoms with Gasteiger partial charge in [-0.2, -0.15) is 0 Å². The molecule has 1 aromatic carbocycles. The van der Waals surface area contributed by atoms with Gasteiger partial charge in [0.15, 0.2) is 11.6 Å². The van der Waals surface area contributed by atoms with Gasteiger partial charge >= 0.3 is 0 Å². The zero-order valence-electron chi connectivity index (χ0n) is 6.10. The third kappa shape index (κ3) is 1.84. The Morgan fingerprint density at radius 2 is 2.27 bits per heavy atom. The first-order valence-electron chi connectivity index (χ1n) is 3.32. The van der Waals surface area contributed by atoms with Gasteiger partial charge in [-0.05, 0) is 19.1 Å². The van der Waals surface area contributed by atoms with Gasteiger partial charge in [-0.15, -0.1) is 0 Å². The van der Waals surface area contributed by atoms with Crippen molar-refractivity contribution in [3.63, 3.8) is 0 Å². The lowest BCUT2D eigenvalue weighted by Gasteiger charge is -2.04. The fourth-order valence-electron chi connectivity index (χ4n) is 0.765. The molecule has 0 bridgehead atoms. The lowest BCUT2D eigenvalue weighted by molar-refractivity contribution is 0.322. The van der Waals surface area contributed by atoms with Crippen LogP contribution in [0.5, 0.6) is 5.75 Å². The predicted molar refractivity (Wildman–Crippen MR) is 42.6 cm³/mol. The second-order valence-electron chi connectivity index (χ2n) is 1.98. The first-order valence-corrected chi connectivity index (χ1v) is 3.70. The van der Waals surface area contributed by atoms with Crippen molar-refractivity contribution in [3.05, 3.63) is 29.0 Å². The van der Waals surface area contributed by atoms with Gasteiger partial charge in [0.25, 0.3) is 0 Å². The van der Waals surface area contributed by atoms with Gasteiger partial charge in [0, 0.05) is 0 Å². The molecule has 60 valence electrons. The molecule has 0 N–H and O–H groups in total. The average Bonchev–Trinajstić information content (AvgIpc) is 1.97. The van der Waals surface area contributed by atoms with Gasteiger partial charge in [0.1, 0.15) is 0 Å². The van der Waals surface area contributed by atoms with E-state index in [1.165, 1.54) is 6.07 Å². The molecular weight excluding hydrogens is 167 g/mol. The summed E-state index contributed by atoms with van der Waals surface area (Å²) in [6.45, 7) is 2.20. The molecule has 11 heavy (non-hydrogen) atoms. The van der Waals surface area contributed by atoms with Crippen molar-refractivity contribution in [2.45, 2.75) is 6.92 Å². The lowest BCUT2D eigenvalue weighted by Crippen LogP contribution is -1.94. The van der Waals surface area contributed by atoms with Crippen LogP contribution in [0, 0.1) is 5.82 Å². The number of para-hydroxylation sites is 1. The van der Waals surface area contributed by atoms with E-state index in [0.29, 0.717) is 11.6 Å². The minimum atomic E-state index is -0.417. The van der Waals surface area contributed by atoms with Gasteiger partial charge in [0.2, 0.25) is 0 Å². The normalized spacial score (nSPS) is 9.73. The smallest absolute Gasteiger partial charge is 0.173 e. The average molecular weight is 175 g/mol. The van der Waals surface area contributed by atoms with E-state index in [0.717, 1.165) is 0 Å². The second kappa shape index (κ2) is 3.58. The summed E-state index contributed by atoms with van der Waals surface area (Å²) in [5.74, 6) is -0.281. The van der Waals surface area contributed by atoms with Crippen LogP contribution in [0.4, 0.5) is 4.39 Å². The van der Waals surface area contributed by atoms with Crippen LogP contribution in [0.2, 0.25) is 5.02 Å². The maximum atomic E-state index is 12.8. The Balaban J connectivity index is 3.00. The maximum Gasteiger partial charge on any atom is 0.173 e. The van der Waals surface area contributed by atoms with E-state index in [1.807, 2.05) is 0 Å². The van der Waals surface area contributed by atoms with Crippen molar-refractivity contribution in [1.29, 1.82) is 0 Å². The van der Waals surface area contributed by atoms with E-state index < -0.39 is 5.82 Å². The van der Waals surface area contributed by atoms with Gasteiger partial charge < -0.3 is 4.74 Å². The molecular formula is C8H8ClFO. The zero-order valence-corrected chi connectivity index (χ0v) is 6.86. The van der Waals surface area contributed by atoms with Crippen molar-refractivity contribution < 1.29 is 9.13 Å². The van der Waals surface area contributed by atoms with Crippen LogP contribution < -0.4 is 4.74 Å². The van der Waals surface area contributed by atoms with E-state index in [4.69, 9.17) is 16.3 Å². The van der Waals surface area contributed by atoms with Crippen LogP contribution in [-0.2, 0) is 0 Å². The van der Waals surface area contributed by atoms with Crippen molar-refractivity contribution >= 4 is 11.6 Å². The van der Waals surface area contributed by atoms with E-state index in [-0.39, 0.29) is 5.75 Å². The Morgan fingerprint density at radius 1 is 1.55 bits per heavy atom. The van der Waals surface area contributed by atoms with E-state index in [1.54, 1.807) is 19.1 Å². The maximum absolute atomic E-state index is 12.8. The van der Waals surface area contributed by atoms with Crippen LogP contribution >= 0.6 is 11.6 Å². The van der Waals surface area contributed by atoms with Gasteiger partial charge in [-0.25, -0.2) is 4.39 Å². The van der Waals surface area contributed by atoms with Gasteiger partial charge in [0.05, 0.1) is 11.6 Å². The van der Waals surface area contributed by atoms with Crippen LogP contribution in [0.3, 0.4) is 0 Å². The molecule has 0 heterocycles. The van der Waals surface area contributed by atoms with Crippen molar-refractivity contribution in [2.75, 3.05) is 6.61 Å². The second-order valence-corrected chi connectivity index (χ2v) is 2.39. The summed E-state index contributed by atoms with van der Waals surface area (Å²) in [5, 5.41) is 0.312. The highest BCUT2D eigenvalue weighted by Gasteiger charge is 2.05. The van der Waals surface area contributed by atoms with Crippen molar-refractivity contribution in [1.82, 2.24) is 0 Å². The minimum absolute atomic E-state index is 0.136. The summed E-state index contributed by atoms with van der Waals surface area (Å²) < 4.78 is 17.8. The summed E-state index contributed by atoms with van der Waals surface area (Å²) in [6, 6.07) is 4.45. The molecule has 0 saturated heterocycles. The fraction of sp³-hybridized carbons (Fsp3) is 0.250. The quantitative estimate of drug-likeness (QED) is 0.670. The van der Waals surface area contributed by atoms with E-state index in [9.17, 15) is 4.39 Å². The molecule has 0 aromatic heterocycles. The molecule has 0 unspecified atom stereocenters. The summed E-state index contributed by atoms with van der Waals surface area (Å²) >= 11 is 5.64. The largest absolute Gasteiger partial charge is 0.489 e. The highest BCUT2D eigenvalue weighted by atomic mass is 35.5. The monoisotopic (exact) mass is 174 g/mol. The number of rotatable bonds is 2. The van der Waals surface area contributed by atoms with Gasteiger partial charge in [-0.1, -0.05) is 17.7 Å². The summed E-state index contributed by atoms with van der Waals surface area (Å²) in [7, 11) is 0. The van der Waals surface area contributed by atoms with Crippen LogP contribution in [-0.4, -0.2) is 6.61 Å². The first kappa shape index (κ1) is 8.34. The molecule has 0 spiro atoms. The Morgan fingerprint density at radius 3 is 2.82 bits per heavy atom. The number of hydrogen-bond acceptors (Lipinski definition) is 1. The fourth-order valence-corrected chi connectivity index (χ4v) is 0.982. The molecule has 1 aromatic rings. The molecule has 0 aliphatic rings. The van der Waals surface area contributed by atoms with Gasteiger partial charge in [-0.3, -0.25) is 0 Å². The molecule has 1 rings (SSSR count). The zero-order chi connectivity index (χ0) is 8.27.